The third kappa shape index (κ3) is 1.40. The van der Waals surface area contributed by atoms with Crippen LogP contribution in [0.25, 0.3) is 0 Å². The van der Waals surface area contributed by atoms with Crippen molar-refractivity contribution in [3.63, 3.8) is 0 Å². The highest BCUT2D eigenvalue weighted by atomic mass is 16.5. The lowest BCUT2D eigenvalue weighted by molar-refractivity contribution is 0.332. The first kappa shape index (κ1) is 9.53. The number of nitrogens with one attached hydrogen (secondary N) is 1. The second kappa shape index (κ2) is 3.62. The van der Waals surface area contributed by atoms with E-state index in [9.17, 15) is 0 Å². The van der Waals surface area contributed by atoms with Gasteiger partial charge in [0.1, 0.15) is 5.75 Å². The van der Waals surface area contributed by atoms with Crippen molar-refractivity contribution in [1.82, 2.24) is 5.32 Å². The maximum atomic E-state index is 5.72. The summed E-state index contributed by atoms with van der Waals surface area (Å²) >= 11 is 0. The Morgan fingerprint density at radius 2 is 2.29 bits per heavy atom. The Balaban J connectivity index is 2.43. The molecule has 0 aromatic heterocycles. The van der Waals surface area contributed by atoms with Gasteiger partial charge in [-0.15, -0.1) is 0 Å². The van der Waals surface area contributed by atoms with Gasteiger partial charge in [-0.05, 0) is 14.0 Å². The molecule has 2 unspecified atom stereocenters. The lowest BCUT2D eigenvalue weighted by Crippen LogP contribution is -2.13. The number of hydrogen-bond acceptors (Lipinski definition) is 2. The second-order valence-corrected chi connectivity index (χ2v) is 3.99. The van der Waals surface area contributed by atoms with Gasteiger partial charge in [-0.1, -0.05) is 25.1 Å². The summed E-state index contributed by atoms with van der Waals surface area (Å²) in [6.45, 7) is 5.18. The largest absolute Gasteiger partial charge is 0.492 e. The molecular weight excluding hydrogens is 174 g/mol. The number of benzene rings is 1. The summed E-state index contributed by atoms with van der Waals surface area (Å²) in [6.07, 6.45) is 0. The van der Waals surface area contributed by atoms with Crippen LogP contribution >= 0.6 is 0 Å². The van der Waals surface area contributed by atoms with Gasteiger partial charge in [0.15, 0.2) is 0 Å². The van der Waals surface area contributed by atoms with E-state index in [1.54, 1.807) is 0 Å². The van der Waals surface area contributed by atoms with Crippen LogP contribution < -0.4 is 10.1 Å². The molecule has 1 aromatic carbocycles. The molecule has 2 rings (SSSR count). The van der Waals surface area contributed by atoms with Gasteiger partial charge in [0.25, 0.3) is 0 Å². The molecule has 0 fully saturated rings. The van der Waals surface area contributed by atoms with E-state index in [1.807, 2.05) is 7.05 Å². The number of para-hydroxylation sites is 1. The highest BCUT2D eigenvalue weighted by molar-refractivity contribution is 5.47. The second-order valence-electron chi connectivity index (χ2n) is 3.99. The van der Waals surface area contributed by atoms with Crippen molar-refractivity contribution in [3.05, 3.63) is 29.3 Å². The van der Waals surface area contributed by atoms with Crippen LogP contribution in [0.3, 0.4) is 0 Å². The smallest absolute Gasteiger partial charge is 0.127 e. The summed E-state index contributed by atoms with van der Waals surface area (Å²) < 4.78 is 5.72. The molecule has 1 aromatic rings. The van der Waals surface area contributed by atoms with Gasteiger partial charge in [0.05, 0.1) is 6.61 Å². The number of rotatable bonds is 2. The Kier molecular flexibility index (Phi) is 2.46. The zero-order valence-corrected chi connectivity index (χ0v) is 9.00. The fourth-order valence-corrected chi connectivity index (χ4v) is 1.92. The molecule has 76 valence electrons. The molecule has 2 atom stereocenters. The third-order valence-electron chi connectivity index (χ3n) is 2.98. The maximum absolute atomic E-state index is 5.72. The molecule has 1 aliphatic heterocycles. The summed E-state index contributed by atoms with van der Waals surface area (Å²) in [7, 11) is 1.97. The minimum absolute atomic E-state index is 0.357. The van der Waals surface area contributed by atoms with Crippen molar-refractivity contribution >= 4 is 0 Å². The molecule has 0 saturated carbocycles. The van der Waals surface area contributed by atoms with Gasteiger partial charge in [-0.2, -0.15) is 0 Å². The Bertz CT molecular complexity index is 335. The van der Waals surface area contributed by atoms with Crippen LogP contribution in [0.1, 0.15) is 36.9 Å². The molecule has 14 heavy (non-hydrogen) atoms. The van der Waals surface area contributed by atoms with Crippen molar-refractivity contribution in [3.8, 4) is 5.75 Å². The monoisotopic (exact) mass is 191 g/mol. The molecule has 0 bridgehead atoms. The summed E-state index contributed by atoms with van der Waals surface area (Å²) in [4.78, 5) is 0. The highest BCUT2D eigenvalue weighted by Gasteiger charge is 2.23. The van der Waals surface area contributed by atoms with Gasteiger partial charge in [-0.3, -0.25) is 0 Å². The van der Waals surface area contributed by atoms with Crippen molar-refractivity contribution in [2.45, 2.75) is 25.8 Å². The third-order valence-corrected chi connectivity index (χ3v) is 2.98. The summed E-state index contributed by atoms with van der Waals surface area (Å²) in [5, 5.41) is 3.25. The lowest BCUT2D eigenvalue weighted by Gasteiger charge is -2.14. The molecule has 0 spiro atoms. The van der Waals surface area contributed by atoms with Crippen molar-refractivity contribution < 1.29 is 4.74 Å². The molecule has 0 saturated heterocycles. The zero-order valence-electron chi connectivity index (χ0n) is 9.00. The lowest BCUT2D eigenvalue weighted by atomic mass is 9.98. The summed E-state index contributed by atoms with van der Waals surface area (Å²) in [6, 6.07) is 6.78. The van der Waals surface area contributed by atoms with E-state index in [0.29, 0.717) is 12.0 Å². The Hall–Kier alpha value is -1.02. The van der Waals surface area contributed by atoms with Crippen LogP contribution in [-0.4, -0.2) is 13.7 Å². The molecule has 1 N–H and O–H groups in total. The standard InChI is InChI=1S/C12H17NO/c1-8-7-14-12-10(8)5-4-6-11(12)9(2)13-3/h4-6,8-9,13H,7H2,1-3H3. The normalized spacial score (nSPS) is 21.5. The van der Waals surface area contributed by atoms with Crippen LogP contribution in [-0.2, 0) is 0 Å². The Morgan fingerprint density at radius 3 is 3.00 bits per heavy atom. The van der Waals surface area contributed by atoms with Crippen LogP contribution in [0.5, 0.6) is 5.75 Å². The predicted octanol–water partition coefficient (Wildman–Crippen LogP) is 2.46. The minimum Gasteiger partial charge on any atom is -0.492 e. The van der Waals surface area contributed by atoms with Gasteiger partial charge in [0, 0.05) is 23.1 Å². The number of fused-ring (bicyclic) bond motifs is 1. The van der Waals surface area contributed by atoms with Crippen LogP contribution in [0.2, 0.25) is 0 Å². The van der Waals surface area contributed by atoms with Crippen LogP contribution in [0, 0.1) is 0 Å². The fraction of sp³-hybridized carbons (Fsp3) is 0.500. The van der Waals surface area contributed by atoms with E-state index in [-0.39, 0.29) is 0 Å². The number of ether oxygens (including phenoxy) is 1. The van der Waals surface area contributed by atoms with E-state index in [0.717, 1.165) is 12.4 Å². The van der Waals surface area contributed by atoms with E-state index < -0.39 is 0 Å². The first-order chi connectivity index (χ1) is 6.74. The average molecular weight is 191 g/mol. The predicted molar refractivity (Wildman–Crippen MR) is 57.8 cm³/mol. The average Bonchev–Trinajstić information content (AvgIpc) is 2.59. The van der Waals surface area contributed by atoms with E-state index in [1.165, 1.54) is 11.1 Å². The van der Waals surface area contributed by atoms with Gasteiger partial charge in [-0.25, -0.2) is 0 Å². The maximum Gasteiger partial charge on any atom is 0.127 e. The molecule has 0 radical (unpaired) electrons. The van der Waals surface area contributed by atoms with Crippen molar-refractivity contribution in [1.29, 1.82) is 0 Å². The van der Waals surface area contributed by atoms with Crippen LogP contribution in [0.15, 0.2) is 18.2 Å². The minimum atomic E-state index is 0.357. The molecule has 2 heteroatoms. The molecule has 2 nitrogen and oxygen atoms in total. The Labute approximate surface area is 85.3 Å². The molecule has 0 amide bonds. The first-order valence-electron chi connectivity index (χ1n) is 5.17. The topological polar surface area (TPSA) is 21.3 Å². The zero-order chi connectivity index (χ0) is 10.1. The number of hydrogen-bond donors (Lipinski definition) is 1. The van der Waals surface area contributed by atoms with Gasteiger partial charge < -0.3 is 10.1 Å². The van der Waals surface area contributed by atoms with Gasteiger partial charge >= 0.3 is 0 Å². The molecule has 1 aliphatic rings. The van der Waals surface area contributed by atoms with E-state index in [2.05, 4.69) is 37.4 Å². The molecular formula is C12H17NO. The highest BCUT2D eigenvalue weighted by Crippen LogP contribution is 2.38. The fourth-order valence-electron chi connectivity index (χ4n) is 1.92. The van der Waals surface area contributed by atoms with Crippen molar-refractivity contribution in [2.24, 2.45) is 0 Å². The van der Waals surface area contributed by atoms with Gasteiger partial charge in [0.2, 0.25) is 0 Å². The summed E-state index contributed by atoms with van der Waals surface area (Å²) in [5.74, 6) is 1.64. The molecule has 0 aliphatic carbocycles. The summed E-state index contributed by atoms with van der Waals surface area (Å²) in [5.41, 5.74) is 2.62. The van der Waals surface area contributed by atoms with Crippen LogP contribution in [0.4, 0.5) is 0 Å². The SMILES string of the molecule is CNC(C)c1cccc2c1OCC2C. The quantitative estimate of drug-likeness (QED) is 0.775. The van der Waals surface area contributed by atoms with Crippen molar-refractivity contribution in [2.75, 3.05) is 13.7 Å². The van der Waals surface area contributed by atoms with E-state index in [4.69, 9.17) is 4.74 Å². The first-order valence-corrected chi connectivity index (χ1v) is 5.17. The molecule has 1 heterocycles. The van der Waals surface area contributed by atoms with E-state index >= 15 is 0 Å². The Morgan fingerprint density at radius 1 is 1.50 bits per heavy atom.